The summed E-state index contributed by atoms with van der Waals surface area (Å²) in [4.78, 5) is 63.1. The molecule has 0 unspecified atom stereocenters. The normalized spacial score (nSPS) is 14.4. The molecule has 1 aliphatic heterocycles. The van der Waals surface area contributed by atoms with Gasteiger partial charge in [0.1, 0.15) is 5.82 Å². The number of carbonyl (C=O) groups excluding carboxylic acids is 1. The Morgan fingerprint density at radius 2 is 1.87 bits per heavy atom. The van der Waals surface area contributed by atoms with Gasteiger partial charge in [-0.2, -0.15) is 0 Å². The molecule has 0 radical (unpaired) electrons. The zero-order valence-electron chi connectivity index (χ0n) is 24.8. The lowest BCUT2D eigenvalue weighted by Crippen LogP contribution is -2.40. The molecule has 0 fully saturated rings. The Kier molecular flexibility index (Phi) is 8.78. The number of H-pyrrole nitrogens is 1. The molecule has 47 heavy (non-hydrogen) atoms. The predicted molar refractivity (Wildman–Crippen MR) is 174 cm³/mol. The monoisotopic (exact) mass is 669 g/mol. The molecule has 14 heteroatoms. The second kappa shape index (κ2) is 13.1. The fourth-order valence-corrected chi connectivity index (χ4v) is 7.03. The number of hydrogen-bond acceptors (Lipinski definition) is 10. The number of halogens is 1. The van der Waals surface area contributed by atoms with E-state index in [0.717, 1.165) is 23.1 Å². The molecule has 0 saturated heterocycles. The maximum atomic E-state index is 14.1. The van der Waals surface area contributed by atoms with E-state index in [0.29, 0.717) is 28.1 Å². The van der Waals surface area contributed by atoms with Crippen LogP contribution < -0.4 is 20.5 Å². The van der Waals surface area contributed by atoms with E-state index in [1.165, 1.54) is 53.1 Å². The molecule has 236 valence electrons. The van der Waals surface area contributed by atoms with Crippen molar-refractivity contribution in [3.05, 3.63) is 153 Å². The Hall–Kier alpha value is -5.47. The van der Waals surface area contributed by atoms with Crippen molar-refractivity contribution < 1.29 is 18.8 Å². The van der Waals surface area contributed by atoms with Gasteiger partial charge >= 0.3 is 5.97 Å². The third-order valence-corrected chi connectivity index (χ3v) is 9.03. The number of benzene rings is 3. The summed E-state index contributed by atoms with van der Waals surface area (Å²) in [6.07, 6.45) is 1.51. The number of aryl methyl sites for hydroxylation is 1. The number of nitro groups is 1. The molecule has 0 saturated carbocycles. The zero-order valence-corrected chi connectivity index (χ0v) is 26.4. The highest BCUT2D eigenvalue weighted by atomic mass is 32.2. The van der Waals surface area contributed by atoms with Crippen LogP contribution in [0.4, 0.5) is 10.1 Å². The van der Waals surface area contributed by atoms with Gasteiger partial charge in [0.2, 0.25) is 0 Å². The molecule has 1 aliphatic rings. The Bertz CT molecular complexity index is 2310. The van der Waals surface area contributed by atoms with Crippen molar-refractivity contribution in [1.82, 2.24) is 14.5 Å². The molecule has 0 amide bonds. The summed E-state index contributed by atoms with van der Waals surface area (Å²) < 4.78 is 21.0. The number of esters is 1. The lowest BCUT2D eigenvalue weighted by atomic mass is 9.93. The molecule has 1 atom stereocenters. The van der Waals surface area contributed by atoms with Crippen LogP contribution in [0.15, 0.2) is 109 Å². The van der Waals surface area contributed by atoms with E-state index >= 15 is 0 Å². The van der Waals surface area contributed by atoms with Crippen LogP contribution in [-0.2, 0) is 9.53 Å². The molecule has 1 N–H and O–H groups in total. The average molecular weight is 670 g/mol. The maximum absolute atomic E-state index is 14.1. The van der Waals surface area contributed by atoms with Gasteiger partial charge in [0.05, 0.1) is 38.3 Å². The summed E-state index contributed by atoms with van der Waals surface area (Å²) in [6, 6.07) is 19.2. The van der Waals surface area contributed by atoms with Gasteiger partial charge in [-0.1, -0.05) is 59.9 Å². The number of ether oxygens (including phenoxy) is 1. The van der Waals surface area contributed by atoms with Gasteiger partial charge in [0.25, 0.3) is 16.8 Å². The minimum absolute atomic E-state index is 0.0774. The maximum Gasteiger partial charge on any atom is 0.338 e. The first kappa shape index (κ1) is 31.5. The molecule has 11 nitrogen and oxygen atoms in total. The first-order valence-electron chi connectivity index (χ1n) is 14.2. The number of hydrogen-bond donors (Lipinski definition) is 1. The number of nitrogens with one attached hydrogen (secondary N) is 1. The van der Waals surface area contributed by atoms with Crippen LogP contribution in [0, 0.1) is 22.9 Å². The van der Waals surface area contributed by atoms with Crippen molar-refractivity contribution >= 4 is 46.5 Å². The number of nitro benzene ring substituents is 1. The number of aromatic nitrogens is 3. The second-order valence-electron chi connectivity index (χ2n) is 10.3. The Balaban J connectivity index is 1.53. The number of fused-ring (bicyclic) bond motifs is 1. The van der Waals surface area contributed by atoms with Gasteiger partial charge in [-0.05, 0) is 61.0 Å². The van der Waals surface area contributed by atoms with Crippen molar-refractivity contribution in [2.75, 3.05) is 6.61 Å². The van der Waals surface area contributed by atoms with E-state index in [1.54, 1.807) is 44.2 Å². The zero-order chi connectivity index (χ0) is 33.2. The molecule has 6 rings (SSSR count). The van der Waals surface area contributed by atoms with E-state index in [-0.39, 0.29) is 42.8 Å². The molecule has 2 aromatic heterocycles. The minimum atomic E-state index is -1.000. The predicted octanol–water partition coefficient (Wildman–Crippen LogP) is 4.53. The Labute approximate surface area is 273 Å². The van der Waals surface area contributed by atoms with Crippen LogP contribution in [0.1, 0.15) is 35.3 Å². The fourth-order valence-electron chi connectivity index (χ4n) is 5.11. The van der Waals surface area contributed by atoms with Crippen molar-refractivity contribution in [1.29, 1.82) is 0 Å². The summed E-state index contributed by atoms with van der Waals surface area (Å²) in [5, 5.41) is 12.3. The number of carbonyl (C=O) groups is 1. The number of nitrogens with zero attached hydrogens (tertiary/aromatic N) is 4. The van der Waals surface area contributed by atoms with Crippen LogP contribution in [0.25, 0.3) is 11.8 Å². The quantitative estimate of drug-likeness (QED) is 0.110. The van der Waals surface area contributed by atoms with Gasteiger partial charge in [-0.3, -0.25) is 24.3 Å². The molecule has 0 aliphatic carbocycles. The van der Waals surface area contributed by atoms with E-state index in [4.69, 9.17) is 9.73 Å². The smallest absolute Gasteiger partial charge is 0.338 e. The molecule has 5 aromatic rings. The van der Waals surface area contributed by atoms with Crippen molar-refractivity contribution in [2.45, 2.75) is 29.9 Å². The fraction of sp³-hybridized carbons (Fsp3) is 0.121. The molecule has 3 aromatic carbocycles. The first-order chi connectivity index (χ1) is 22.6. The molecular weight excluding hydrogens is 646 g/mol. The number of thiazole rings is 1. The minimum Gasteiger partial charge on any atom is -0.463 e. The molecule has 0 spiro atoms. The number of rotatable bonds is 8. The molecule has 3 heterocycles. The molecule has 0 bridgehead atoms. The van der Waals surface area contributed by atoms with Gasteiger partial charge < -0.3 is 9.72 Å². The Morgan fingerprint density at radius 3 is 2.55 bits per heavy atom. The van der Waals surface area contributed by atoms with Crippen LogP contribution in [0.2, 0.25) is 0 Å². The van der Waals surface area contributed by atoms with Gasteiger partial charge in [0, 0.05) is 23.4 Å². The first-order valence-corrected chi connectivity index (χ1v) is 15.8. The molecular formula is C33H24FN5O6S2. The van der Waals surface area contributed by atoms with E-state index in [2.05, 4.69) is 9.97 Å². The van der Waals surface area contributed by atoms with E-state index in [1.807, 2.05) is 6.07 Å². The summed E-state index contributed by atoms with van der Waals surface area (Å²) in [7, 11) is 0. The number of aromatic amines is 1. The standard InChI is InChI=1S/C33H24FN5O6S2/c1-3-45-31(42)27-28(20-7-5-4-6-8-20)37-33-38(29(27)21-10-12-22(34)13-11-21)30(41)25(47-33)17-19-9-14-24(23(16-19)39(43)44)46-32-35-18(2)15-26(40)36-32/h4-17,29H,3H2,1-2H3,(H,35,36,40)/b25-17+/t29-/m1/s1. The summed E-state index contributed by atoms with van der Waals surface area (Å²) >= 11 is 1.99. The third-order valence-electron chi connectivity index (χ3n) is 7.09. The van der Waals surface area contributed by atoms with Gasteiger partial charge in [-0.15, -0.1) is 0 Å². The van der Waals surface area contributed by atoms with Crippen LogP contribution in [0.3, 0.4) is 0 Å². The van der Waals surface area contributed by atoms with Crippen molar-refractivity contribution in [3.63, 3.8) is 0 Å². The van der Waals surface area contributed by atoms with Crippen molar-refractivity contribution in [3.8, 4) is 0 Å². The third kappa shape index (κ3) is 6.46. The van der Waals surface area contributed by atoms with Crippen LogP contribution in [0.5, 0.6) is 0 Å². The highest BCUT2D eigenvalue weighted by Crippen LogP contribution is 2.36. The van der Waals surface area contributed by atoms with E-state index in [9.17, 15) is 28.9 Å². The summed E-state index contributed by atoms with van der Waals surface area (Å²) in [6.45, 7) is 3.39. The van der Waals surface area contributed by atoms with Gasteiger partial charge in [-0.25, -0.2) is 19.2 Å². The SMILES string of the molecule is CCOC(=O)C1=C(c2ccccc2)N=c2s/c(=C/c3ccc(Sc4nc(C)cc(=O)[nH]4)c([N+](=O)[O-])c3)c(=O)n2[C@@H]1c1ccc(F)cc1. The summed E-state index contributed by atoms with van der Waals surface area (Å²) in [5.74, 6) is -1.16. The van der Waals surface area contributed by atoms with Crippen LogP contribution in [-0.4, -0.2) is 32.0 Å². The van der Waals surface area contributed by atoms with Crippen molar-refractivity contribution in [2.24, 2.45) is 4.99 Å². The van der Waals surface area contributed by atoms with E-state index < -0.39 is 28.3 Å². The lowest BCUT2D eigenvalue weighted by molar-refractivity contribution is -0.387. The lowest BCUT2D eigenvalue weighted by Gasteiger charge is -2.25. The second-order valence-corrected chi connectivity index (χ2v) is 12.3. The van der Waals surface area contributed by atoms with Gasteiger partial charge in [0.15, 0.2) is 9.96 Å². The van der Waals surface area contributed by atoms with Crippen LogP contribution >= 0.6 is 23.1 Å². The average Bonchev–Trinajstić information content (AvgIpc) is 3.35. The largest absolute Gasteiger partial charge is 0.463 e. The summed E-state index contributed by atoms with van der Waals surface area (Å²) in [5.41, 5.74) is 1.21. The highest BCUT2D eigenvalue weighted by Gasteiger charge is 2.35. The topological polar surface area (TPSA) is 150 Å². The Morgan fingerprint density at radius 1 is 1.13 bits per heavy atom. The highest BCUT2D eigenvalue weighted by molar-refractivity contribution is 7.99.